The molecule has 174 valence electrons. The maximum Gasteiger partial charge on any atom is 0.204 e. The molecule has 0 amide bonds. The first-order chi connectivity index (χ1) is 15.6. The lowest BCUT2D eigenvalue weighted by Crippen LogP contribution is -2.41. The van der Waals surface area contributed by atoms with E-state index in [2.05, 4.69) is 51.6 Å². The number of hydrogen-bond donors (Lipinski definition) is 0. The van der Waals surface area contributed by atoms with Crippen molar-refractivity contribution in [2.45, 2.75) is 31.8 Å². The largest absolute Gasteiger partial charge is 0.493 e. The molecular formula is C24H29ClN6O2. The predicted octanol–water partition coefficient (Wildman–Crippen LogP) is 3.44. The molecule has 1 fully saturated rings. The van der Waals surface area contributed by atoms with E-state index in [1.54, 1.807) is 19.0 Å². The second-order valence-electron chi connectivity index (χ2n) is 8.38. The average Bonchev–Trinajstić information content (AvgIpc) is 3.32. The van der Waals surface area contributed by atoms with E-state index in [9.17, 15) is 0 Å². The van der Waals surface area contributed by atoms with Gasteiger partial charge in [0.2, 0.25) is 5.82 Å². The first-order valence-electron chi connectivity index (χ1n) is 11.0. The van der Waals surface area contributed by atoms with E-state index in [0.29, 0.717) is 18.3 Å². The molecule has 0 radical (unpaired) electrons. The molecule has 8 nitrogen and oxygen atoms in total. The Bertz CT molecular complexity index is 1160. The predicted molar refractivity (Wildman–Crippen MR) is 130 cm³/mol. The van der Waals surface area contributed by atoms with Gasteiger partial charge in [0.05, 0.1) is 32.5 Å². The molecule has 9 heteroatoms. The van der Waals surface area contributed by atoms with Gasteiger partial charge in [0.1, 0.15) is 0 Å². The Kier molecular flexibility index (Phi) is 6.67. The third-order valence-corrected chi connectivity index (χ3v) is 6.44. The van der Waals surface area contributed by atoms with Gasteiger partial charge in [0, 0.05) is 29.2 Å². The van der Waals surface area contributed by atoms with Crippen LogP contribution in [0.15, 0.2) is 41.4 Å². The molecule has 0 spiro atoms. The molecule has 0 N–H and O–H groups in total. The Morgan fingerprint density at radius 3 is 2.39 bits per heavy atom. The molecule has 2 aliphatic rings. The fraction of sp³-hybridized carbons (Fsp3) is 0.417. The Balaban J connectivity index is 0.00000259. The highest BCUT2D eigenvalue weighted by molar-refractivity contribution is 6.15. The van der Waals surface area contributed by atoms with Crippen molar-refractivity contribution in [1.29, 1.82) is 0 Å². The summed E-state index contributed by atoms with van der Waals surface area (Å²) in [4.78, 5) is 9.22. The summed E-state index contributed by atoms with van der Waals surface area (Å²) in [7, 11) is 5.54. The molecule has 3 aromatic rings. The first-order valence-corrected chi connectivity index (χ1v) is 11.0. The van der Waals surface area contributed by atoms with E-state index in [-0.39, 0.29) is 18.4 Å². The monoisotopic (exact) mass is 468 g/mol. The van der Waals surface area contributed by atoms with Gasteiger partial charge < -0.3 is 14.4 Å². The Hall–Kier alpha value is -2.97. The molecule has 2 aliphatic heterocycles. The lowest BCUT2D eigenvalue weighted by molar-refractivity contribution is 0.227. The molecule has 2 unspecified atom stereocenters. The molecule has 2 aromatic carbocycles. The summed E-state index contributed by atoms with van der Waals surface area (Å²) >= 11 is 0. The number of tetrazole rings is 1. The van der Waals surface area contributed by atoms with Crippen LogP contribution in [0.25, 0.3) is 11.4 Å². The van der Waals surface area contributed by atoms with Crippen LogP contribution < -0.4 is 9.47 Å². The summed E-state index contributed by atoms with van der Waals surface area (Å²) in [6.07, 6.45) is 1.04. The average molecular weight is 469 g/mol. The second-order valence-corrected chi connectivity index (χ2v) is 8.38. The number of aromatic nitrogens is 4. The van der Waals surface area contributed by atoms with Crippen molar-refractivity contribution < 1.29 is 9.47 Å². The van der Waals surface area contributed by atoms with Crippen LogP contribution in [-0.4, -0.2) is 71.2 Å². The summed E-state index contributed by atoms with van der Waals surface area (Å²) < 4.78 is 11.2. The summed E-state index contributed by atoms with van der Waals surface area (Å²) in [6, 6.07) is 12.7. The van der Waals surface area contributed by atoms with Gasteiger partial charge in [-0.25, -0.2) is 0 Å². The smallest absolute Gasteiger partial charge is 0.204 e. The van der Waals surface area contributed by atoms with E-state index in [1.807, 2.05) is 19.1 Å². The van der Waals surface area contributed by atoms with Crippen LogP contribution in [0.3, 0.4) is 0 Å². The van der Waals surface area contributed by atoms with Crippen molar-refractivity contribution >= 4 is 18.1 Å². The van der Waals surface area contributed by atoms with Crippen LogP contribution >= 0.6 is 12.4 Å². The zero-order valence-corrected chi connectivity index (χ0v) is 20.2. The Morgan fingerprint density at radius 1 is 1.03 bits per heavy atom. The van der Waals surface area contributed by atoms with Gasteiger partial charge in [-0.05, 0) is 49.8 Å². The van der Waals surface area contributed by atoms with E-state index >= 15 is 0 Å². The van der Waals surface area contributed by atoms with Crippen LogP contribution in [0.4, 0.5) is 0 Å². The van der Waals surface area contributed by atoms with Crippen molar-refractivity contribution in [1.82, 2.24) is 25.1 Å². The minimum absolute atomic E-state index is 0. The highest BCUT2D eigenvalue weighted by Gasteiger charge is 2.36. The van der Waals surface area contributed by atoms with Gasteiger partial charge >= 0.3 is 0 Å². The lowest BCUT2D eigenvalue weighted by Gasteiger charge is -2.39. The van der Waals surface area contributed by atoms with E-state index in [0.717, 1.165) is 53.4 Å². The highest BCUT2D eigenvalue weighted by Crippen LogP contribution is 2.42. The molecule has 1 aromatic heterocycles. The number of methoxy groups -OCH3 is 2. The van der Waals surface area contributed by atoms with Crippen LogP contribution in [0.5, 0.6) is 11.5 Å². The SMILES string of the molecule is CCn1nnc(-c2ccc(C3=NC4CCN(C)CC4c4cc(OC)c(OC)cc43)cc2)n1.Cl. The van der Waals surface area contributed by atoms with Crippen LogP contribution in [0.2, 0.25) is 0 Å². The molecule has 1 saturated heterocycles. The number of piperidine rings is 1. The van der Waals surface area contributed by atoms with Crippen molar-refractivity contribution in [3.05, 3.63) is 53.1 Å². The second kappa shape index (κ2) is 9.49. The minimum Gasteiger partial charge on any atom is -0.493 e. The van der Waals surface area contributed by atoms with E-state index < -0.39 is 0 Å². The molecule has 0 aliphatic carbocycles. The zero-order valence-electron chi connectivity index (χ0n) is 19.4. The number of rotatable bonds is 5. The lowest BCUT2D eigenvalue weighted by atomic mass is 9.79. The molecule has 0 saturated carbocycles. The third kappa shape index (κ3) is 4.20. The number of ether oxygens (including phenoxy) is 2. The number of aryl methyl sites for hydroxylation is 1. The summed E-state index contributed by atoms with van der Waals surface area (Å²) in [5, 5.41) is 12.6. The van der Waals surface area contributed by atoms with Crippen LogP contribution in [-0.2, 0) is 6.54 Å². The van der Waals surface area contributed by atoms with Crippen molar-refractivity contribution in [3.63, 3.8) is 0 Å². The number of nitrogens with zero attached hydrogens (tertiary/aromatic N) is 6. The van der Waals surface area contributed by atoms with Crippen molar-refractivity contribution in [3.8, 4) is 22.9 Å². The van der Waals surface area contributed by atoms with Crippen LogP contribution in [0.1, 0.15) is 36.0 Å². The van der Waals surface area contributed by atoms with Gasteiger partial charge in [0.15, 0.2) is 11.5 Å². The maximum atomic E-state index is 5.63. The number of aliphatic imine (C=N–C) groups is 1. The molecular weight excluding hydrogens is 440 g/mol. The number of likely N-dealkylation sites (N-methyl/N-ethyl adjacent to an activating group) is 1. The number of benzene rings is 2. The normalized spacial score (nSPS) is 19.7. The van der Waals surface area contributed by atoms with Crippen LogP contribution in [0, 0.1) is 0 Å². The van der Waals surface area contributed by atoms with Gasteiger partial charge in [-0.3, -0.25) is 4.99 Å². The molecule has 3 heterocycles. The minimum atomic E-state index is 0. The van der Waals surface area contributed by atoms with E-state index in [1.165, 1.54) is 5.56 Å². The standard InChI is InChI=1S/C24H28N6O2.ClH/c1-5-30-27-24(26-28-30)16-8-6-15(7-9-16)23-18-13-22(32-4)21(31-3)12-17(18)19-14-29(2)11-10-20(19)25-23;/h6-9,12-13,19-20H,5,10-11,14H2,1-4H3;1H. The van der Waals surface area contributed by atoms with Gasteiger partial charge in [-0.1, -0.05) is 24.3 Å². The number of fused-ring (bicyclic) bond motifs is 3. The quantitative estimate of drug-likeness (QED) is 0.570. The Labute approximate surface area is 200 Å². The highest BCUT2D eigenvalue weighted by atomic mass is 35.5. The fourth-order valence-electron chi connectivity index (χ4n) is 4.70. The summed E-state index contributed by atoms with van der Waals surface area (Å²) in [5.74, 6) is 2.46. The zero-order chi connectivity index (χ0) is 22.2. The summed E-state index contributed by atoms with van der Waals surface area (Å²) in [5.41, 5.74) is 5.41. The molecule has 33 heavy (non-hydrogen) atoms. The van der Waals surface area contributed by atoms with Gasteiger partial charge in [0.25, 0.3) is 0 Å². The van der Waals surface area contributed by atoms with Gasteiger partial charge in [-0.15, -0.1) is 22.6 Å². The molecule has 2 atom stereocenters. The number of hydrogen-bond acceptors (Lipinski definition) is 7. The number of likely N-dealkylation sites (tertiary alicyclic amines) is 1. The Morgan fingerprint density at radius 2 is 1.73 bits per heavy atom. The number of halogens is 1. The van der Waals surface area contributed by atoms with Crippen molar-refractivity contribution in [2.24, 2.45) is 4.99 Å². The third-order valence-electron chi connectivity index (χ3n) is 6.44. The van der Waals surface area contributed by atoms with Crippen molar-refractivity contribution in [2.75, 3.05) is 34.4 Å². The topological polar surface area (TPSA) is 77.7 Å². The fourth-order valence-corrected chi connectivity index (χ4v) is 4.70. The summed E-state index contributed by atoms with van der Waals surface area (Å²) in [6.45, 7) is 4.73. The van der Waals surface area contributed by atoms with Gasteiger partial charge in [-0.2, -0.15) is 4.80 Å². The molecule has 0 bridgehead atoms. The van der Waals surface area contributed by atoms with E-state index in [4.69, 9.17) is 14.5 Å². The maximum absolute atomic E-state index is 5.63. The molecule has 5 rings (SSSR count). The first kappa shape index (κ1) is 23.2.